The van der Waals surface area contributed by atoms with Crippen molar-refractivity contribution >= 4 is 17.4 Å². The average Bonchev–Trinajstić information content (AvgIpc) is 2.53. The van der Waals surface area contributed by atoms with Gasteiger partial charge in [0.2, 0.25) is 5.88 Å². The van der Waals surface area contributed by atoms with Crippen molar-refractivity contribution in [2.24, 2.45) is 0 Å². The zero-order valence-electron chi connectivity index (χ0n) is 12.1. The first-order valence-electron chi connectivity index (χ1n) is 7.13. The van der Waals surface area contributed by atoms with Gasteiger partial charge in [0.25, 0.3) is 0 Å². The Morgan fingerprint density at radius 1 is 1.24 bits per heavy atom. The van der Waals surface area contributed by atoms with Crippen molar-refractivity contribution in [2.75, 3.05) is 17.8 Å². The number of benzene rings is 1. The van der Waals surface area contributed by atoms with Crippen molar-refractivity contribution in [3.05, 3.63) is 48.3 Å². The van der Waals surface area contributed by atoms with Crippen LogP contribution in [0.25, 0.3) is 0 Å². The molecule has 0 aliphatic carbocycles. The summed E-state index contributed by atoms with van der Waals surface area (Å²) in [6, 6.07) is 10.3. The summed E-state index contributed by atoms with van der Waals surface area (Å²) >= 11 is 6.05. The van der Waals surface area contributed by atoms with Gasteiger partial charge < -0.3 is 10.1 Å². The fourth-order valence-electron chi connectivity index (χ4n) is 1.95. The molecule has 0 saturated carbocycles. The summed E-state index contributed by atoms with van der Waals surface area (Å²) in [6.45, 7) is 2.69. The molecule has 0 fully saturated rings. The molecule has 1 N–H and O–H groups in total. The molecule has 4 nitrogen and oxygen atoms in total. The maximum atomic E-state index is 6.05. The van der Waals surface area contributed by atoms with E-state index in [0.717, 1.165) is 12.8 Å². The third-order valence-corrected chi connectivity index (χ3v) is 3.30. The van der Waals surface area contributed by atoms with Gasteiger partial charge in [0, 0.05) is 11.9 Å². The van der Waals surface area contributed by atoms with Gasteiger partial charge in [0.05, 0.1) is 19.0 Å². The van der Waals surface area contributed by atoms with Crippen LogP contribution in [0.15, 0.2) is 42.7 Å². The molecule has 1 atom stereocenters. The Labute approximate surface area is 130 Å². The molecule has 0 aliphatic rings. The summed E-state index contributed by atoms with van der Waals surface area (Å²) in [5.74, 6) is 1.72. The van der Waals surface area contributed by atoms with Crippen LogP contribution in [0, 0.1) is 0 Å². The smallest absolute Gasteiger partial charge is 0.234 e. The molecule has 1 unspecified atom stereocenters. The summed E-state index contributed by atoms with van der Waals surface area (Å²) < 4.78 is 5.48. The van der Waals surface area contributed by atoms with E-state index in [9.17, 15) is 0 Å². The highest BCUT2D eigenvalue weighted by Crippen LogP contribution is 2.13. The van der Waals surface area contributed by atoms with Crippen LogP contribution in [-0.4, -0.2) is 28.5 Å². The maximum absolute atomic E-state index is 6.05. The normalized spacial score (nSPS) is 11.9. The van der Waals surface area contributed by atoms with Crippen LogP contribution in [-0.2, 0) is 6.42 Å². The van der Waals surface area contributed by atoms with E-state index in [1.54, 1.807) is 12.4 Å². The molecule has 1 aromatic heterocycles. The van der Waals surface area contributed by atoms with Crippen molar-refractivity contribution in [3.63, 3.8) is 0 Å². The van der Waals surface area contributed by atoms with E-state index in [-0.39, 0.29) is 6.04 Å². The van der Waals surface area contributed by atoms with Crippen LogP contribution in [0.4, 0.5) is 5.82 Å². The Hall–Kier alpha value is -1.81. The number of halogens is 1. The van der Waals surface area contributed by atoms with Crippen molar-refractivity contribution in [1.29, 1.82) is 0 Å². The molecule has 5 heteroatoms. The predicted molar refractivity (Wildman–Crippen MR) is 86.1 cm³/mol. The lowest BCUT2D eigenvalue weighted by molar-refractivity contribution is 0.304. The molecule has 112 valence electrons. The van der Waals surface area contributed by atoms with Gasteiger partial charge in [-0.15, -0.1) is 11.6 Å². The molecule has 0 saturated heterocycles. The summed E-state index contributed by atoms with van der Waals surface area (Å²) in [7, 11) is 0. The second-order valence-corrected chi connectivity index (χ2v) is 5.08. The first kappa shape index (κ1) is 15.6. The van der Waals surface area contributed by atoms with Gasteiger partial charge in [-0.1, -0.05) is 37.3 Å². The number of nitrogens with one attached hydrogen (secondary N) is 1. The van der Waals surface area contributed by atoms with E-state index in [2.05, 4.69) is 34.3 Å². The number of ether oxygens (including phenoxy) is 1. The molecule has 1 heterocycles. The minimum atomic E-state index is 0.102. The first-order chi connectivity index (χ1) is 10.3. The van der Waals surface area contributed by atoms with Gasteiger partial charge in [0.1, 0.15) is 5.82 Å². The van der Waals surface area contributed by atoms with Crippen LogP contribution < -0.4 is 10.1 Å². The van der Waals surface area contributed by atoms with Gasteiger partial charge >= 0.3 is 0 Å². The zero-order valence-corrected chi connectivity index (χ0v) is 12.9. The third kappa shape index (κ3) is 5.23. The molecule has 2 aromatic rings. The van der Waals surface area contributed by atoms with Gasteiger partial charge in [-0.2, -0.15) is 4.98 Å². The van der Waals surface area contributed by atoms with Crippen molar-refractivity contribution in [2.45, 2.75) is 25.8 Å². The fraction of sp³-hybridized carbons (Fsp3) is 0.375. The van der Waals surface area contributed by atoms with Crippen LogP contribution >= 0.6 is 11.6 Å². The van der Waals surface area contributed by atoms with Gasteiger partial charge in [-0.25, -0.2) is 0 Å². The van der Waals surface area contributed by atoms with E-state index in [1.165, 1.54) is 5.56 Å². The highest BCUT2D eigenvalue weighted by atomic mass is 35.5. The second-order valence-electron chi connectivity index (χ2n) is 4.78. The summed E-state index contributed by atoms with van der Waals surface area (Å²) in [5, 5.41) is 3.31. The molecule has 0 spiro atoms. The summed E-state index contributed by atoms with van der Waals surface area (Å²) in [5.41, 5.74) is 1.24. The SMILES string of the molecule is CCCOc1cncc(NC(CCl)Cc2ccccc2)n1. The molecule has 1 aromatic carbocycles. The van der Waals surface area contributed by atoms with E-state index in [0.29, 0.717) is 24.2 Å². The Morgan fingerprint density at radius 2 is 2.05 bits per heavy atom. The standard InChI is InChI=1S/C16H20ClN3O/c1-2-8-21-16-12-18-11-15(20-16)19-14(10-17)9-13-6-4-3-5-7-13/h3-7,11-12,14H,2,8-10H2,1H3,(H,19,20). The molecule has 0 radical (unpaired) electrons. The number of anilines is 1. The van der Waals surface area contributed by atoms with Crippen molar-refractivity contribution in [3.8, 4) is 5.88 Å². The van der Waals surface area contributed by atoms with Gasteiger partial charge in [0.15, 0.2) is 0 Å². The topological polar surface area (TPSA) is 47.0 Å². The number of hydrogen-bond acceptors (Lipinski definition) is 4. The van der Waals surface area contributed by atoms with Crippen LogP contribution in [0.3, 0.4) is 0 Å². The predicted octanol–water partition coefficient (Wildman–Crippen LogP) is 3.53. The second kappa shape index (κ2) is 8.47. The largest absolute Gasteiger partial charge is 0.477 e. The Morgan fingerprint density at radius 3 is 2.76 bits per heavy atom. The minimum absolute atomic E-state index is 0.102. The molecule has 0 bridgehead atoms. The Kier molecular flexibility index (Phi) is 6.28. The highest BCUT2D eigenvalue weighted by Gasteiger charge is 2.10. The van der Waals surface area contributed by atoms with Crippen LogP contribution in [0.2, 0.25) is 0 Å². The van der Waals surface area contributed by atoms with Crippen molar-refractivity contribution < 1.29 is 4.74 Å². The molecule has 2 rings (SSSR count). The molecule has 0 aliphatic heterocycles. The number of hydrogen-bond donors (Lipinski definition) is 1. The third-order valence-electron chi connectivity index (χ3n) is 2.93. The highest BCUT2D eigenvalue weighted by molar-refractivity contribution is 6.18. The Bertz CT molecular complexity index is 536. The monoisotopic (exact) mass is 305 g/mol. The lowest BCUT2D eigenvalue weighted by Gasteiger charge is -2.17. The number of alkyl halides is 1. The lowest BCUT2D eigenvalue weighted by Crippen LogP contribution is -2.24. The van der Waals surface area contributed by atoms with Crippen LogP contribution in [0.1, 0.15) is 18.9 Å². The lowest BCUT2D eigenvalue weighted by atomic mass is 10.1. The molecule has 21 heavy (non-hydrogen) atoms. The average molecular weight is 306 g/mol. The fourth-order valence-corrected chi connectivity index (χ4v) is 2.13. The van der Waals surface area contributed by atoms with Crippen molar-refractivity contribution in [1.82, 2.24) is 9.97 Å². The van der Waals surface area contributed by atoms with E-state index < -0.39 is 0 Å². The zero-order chi connectivity index (χ0) is 14.9. The molecule has 0 amide bonds. The number of rotatable bonds is 8. The van der Waals surface area contributed by atoms with Gasteiger partial charge in [-0.3, -0.25) is 4.98 Å². The quantitative estimate of drug-likeness (QED) is 0.758. The molecular formula is C16H20ClN3O. The van der Waals surface area contributed by atoms with Gasteiger partial charge in [-0.05, 0) is 18.4 Å². The maximum Gasteiger partial charge on any atom is 0.234 e. The summed E-state index contributed by atoms with van der Waals surface area (Å²) in [6.07, 6.45) is 5.08. The first-order valence-corrected chi connectivity index (χ1v) is 7.66. The molecular weight excluding hydrogens is 286 g/mol. The summed E-state index contributed by atoms with van der Waals surface area (Å²) in [4.78, 5) is 8.52. The Balaban J connectivity index is 1.98. The van der Waals surface area contributed by atoms with E-state index in [4.69, 9.17) is 16.3 Å². The van der Waals surface area contributed by atoms with E-state index >= 15 is 0 Å². The number of aromatic nitrogens is 2. The minimum Gasteiger partial charge on any atom is -0.477 e. The van der Waals surface area contributed by atoms with Crippen LogP contribution in [0.5, 0.6) is 5.88 Å². The number of nitrogens with zero attached hydrogens (tertiary/aromatic N) is 2. The van der Waals surface area contributed by atoms with E-state index in [1.807, 2.05) is 18.2 Å².